The second kappa shape index (κ2) is 9.93. The summed E-state index contributed by atoms with van der Waals surface area (Å²) in [6, 6.07) is 7.49. The predicted molar refractivity (Wildman–Crippen MR) is 100 cm³/mol. The number of nitrogens with one attached hydrogen (secondary N) is 1. The third-order valence-electron chi connectivity index (χ3n) is 3.52. The molecule has 0 radical (unpaired) electrons. The number of amides is 1. The van der Waals surface area contributed by atoms with Crippen LogP contribution >= 0.6 is 11.8 Å². The highest BCUT2D eigenvalue weighted by atomic mass is 32.2. The Morgan fingerprint density at radius 1 is 1.24 bits per heavy atom. The zero-order chi connectivity index (χ0) is 18.1. The number of hydrogen-bond donors (Lipinski definition) is 2. The van der Waals surface area contributed by atoms with Gasteiger partial charge in [0.15, 0.2) is 5.82 Å². The quantitative estimate of drug-likeness (QED) is 0.382. The number of aromatic nitrogens is 3. The minimum absolute atomic E-state index is 0.0216. The van der Waals surface area contributed by atoms with Gasteiger partial charge in [-0.3, -0.25) is 4.79 Å². The first-order valence-corrected chi connectivity index (χ1v) is 9.47. The molecule has 0 unspecified atom stereocenters. The van der Waals surface area contributed by atoms with E-state index in [0.717, 1.165) is 30.6 Å². The van der Waals surface area contributed by atoms with E-state index in [4.69, 9.17) is 10.6 Å². The first-order chi connectivity index (χ1) is 12.2. The molecule has 0 aliphatic heterocycles. The Labute approximate surface area is 152 Å². The van der Waals surface area contributed by atoms with Crippen molar-refractivity contribution in [2.24, 2.45) is 0 Å². The van der Waals surface area contributed by atoms with Crippen molar-refractivity contribution in [1.29, 1.82) is 0 Å². The number of hydrogen-bond acceptors (Lipinski definition) is 6. The highest BCUT2D eigenvalue weighted by Gasteiger charge is 2.13. The summed E-state index contributed by atoms with van der Waals surface area (Å²) >= 11 is 1.27. The summed E-state index contributed by atoms with van der Waals surface area (Å²) in [6.45, 7) is 5.40. The van der Waals surface area contributed by atoms with Gasteiger partial charge in [0.1, 0.15) is 5.75 Å². The second-order valence-electron chi connectivity index (χ2n) is 5.48. The van der Waals surface area contributed by atoms with Crippen LogP contribution in [0.25, 0.3) is 11.4 Å². The predicted octanol–water partition coefficient (Wildman–Crippen LogP) is 2.46. The lowest BCUT2D eigenvalue weighted by molar-refractivity contribution is -0.118. The van der Waals surface area contributed by atoms with Crippen LogP contribution in [0, 0.1) is 0 Å². The summed E-state index contributed by atoms with van der Waals surface area (Å²) in [5.74, 6) is 7.66. The average Bonchev–Trinajstić information content (AvgIpc) is 2.99. The van der Waals surface area contributed by atoms with Crippen molar-refractivity contribution in [3.05, 3.63) is 24.3 Å². The molecule has 1 aromatic heterocycles. The lowest BCUT2D eigenvalue weighted by Gasteiger charge is -2.06. The van der Waals surface area contributed by atoms with Crippen LogP contribution in [0.2, 0.25) is 0 Å². The first-order valence-electron chi connectivity index (χ1n) is 8.49. The Hall–Kier alpha value is -2.22. The van der Waals surface area contributed by atoms with E-state index < -0.39 is 0 Å². The largest absolute Gasteiger partial charge is 0.494 e. The van der Waals surface area contributed by atoms with Crippen molar-refractivity contribution in [2.75, 3.05) is 24.7 Å². The zero-order valence-electron chi connectivity index (χ0n) is 14.7. The monoisotopic (exact) mass is 363 g/mol. The molecule has 2 rings (SSSR count). The lowest BCUT2D eigenvalue weighted by atomic mass is 10.2. The van der Waals surface area contributed by atoms with Crippen LogP contribution in [-0.2, 0) is 4.79 Å². The van der Waals surface area contributed by atoms with Crippen LogP contribution in [0.1, 0.15) is 33.1 Å². The molecule has 3 N–H and O–H groups in total. The first kappa shape index (κ1) is 19.1. The lowest BCUT2D eigenvalue weighted by Crippen LogP contribution is -2.26. The molecule has 0 bridgehead atoms. The van der Waals surface area contributed by atoms with Gasteiger partial charge in [-0.1, -0.05) is 31.5 Å². The number of carbonyl (C=O) groups excluding carboxylic acids is 1. The number of thioether (sulfide) groups is 1. The van der Waals surface area contributed by atoms with Crippen LogP contribution in [0.15, 0.2) is 29.4 Å². The highest BCUT2D eigenvalue weighted by Crippen LogP contribution is 2.23. The fourth-order valence-corrected chi connectivity index (χ4v) is 2.91. The number of ether oxygens (including phenoxy) is 1. The molecule has 2 aromatic rings. The van der Waals surface area contributed by atoms with Gasteiger partial charge in [-0.2, -0.15) is 0 Å². The minimum Gasteiger partial charge on any atom is -0.494 e. The topological polar surface area (TPSA) is 95.1 Å². The van der Waals surface area contributed by atoms with E-state index in [1.54, 1.807) is 0 Å². The van der Waals surface area contributed by atoms with E-state index in [-0.39, 0.29) is 11.7 Å². The molecule has 1 heterocycles. The summed E-state index contributed by atoms with van der Waals surface area (Å²) in [5.41, 5.74) is 0.842. The Balaban J connectivity index is 1.90. The number of nitrogen functional groups attached to an aromatic ring is 1. The number of unbranched alkanes of at least 4 members (excludes halogenated alkanes) is 2. The molecule has 136 valence electrons. The van der Waals surface area contributed by atoms with Gasteiger partial charge >= 0.3 is 0 Å². The summed E-state index contributed by atoms with van der Waals surface area (Å²) in [4.78, 5) is 11.8. The smallest absolute Gasteiger partial charge is 0.230 e. The molecule has 8 heteroatoms. The maximum atomic E-state index is 11.8. The van der Waals surface area contributed by atoms with Crippen LogP contribution in [0.3, 0.4) is 0 Å². The minimum atomic E-state index is -0.0216. The number of nitrogens with zero attached hydrogens (tertiary/aromatic N) is 3. The van der Waals surface area contributed by atoms with Crippen molar-refractivity contribution in [1.82, 2.24) is 20.2 Å². The molecule has 7 nitrogen and oxygen atoms in total. The van der Waals surface area contributed by atoms with Crippen LogP contribution in [-0.4, -0.2) is 39.7 Å². The molecule has 0 fully saturated rings. The maximum Gasteiger partial charge on any atom is 0.230 e. The van der Waals surface area contributed by atoms with Crippen LogP contribution < -0.4 is 15.9 Å². The van der Waals surface area contributed by atoms with Gasteiger partial charge in [0, 0.05) is 12.1 Å². The van der Waals surface area contributed by atoms with E-state index >= 15 is 0 Å². The number of rotatable bonds is 10. The Morgan fingerprint density at radius 2 is 2.00 bits per heavy atom. The molecule has 1 amide bonds. The van der Waals surface area contributed by atoms with Gasteiger partial charge in [-0.15, -0.1) is 10.2 Å². The summed E-state index contributed by atoms with van der Waals surface area (Å²) in [7, 11) is 0. The van der Waals surface area contributed by atoms with E-state index in [0.29, 0.717) is 24.1 Å². The Kier molecular flexibility index (Phi) is 7.59. The standard InChI is InChI=1S/C17H25N5O2S/c1-3-5-6-11-19-15(23)12-25-17-21-20-16(22(17)18)13-7-9-14(10-8-13)24-4-2/h7-10H,3-6,11-12,18H2,1-2H3,(H,19,23). The second-order valence-corrected chi connectivity index (χ2v) is 6.42. The van der Waals surface area contributed by atoms with E-state index in [1.165, 1.54) is 16.4 Å². The van der Waals surface area contributed by atoms with Gasteiger partial charge in [0.25, 0.3) is 0 Å². The Bertz CT molecular complexity index is 672. The fourth-order valence-electron chi connectivity index (χ4n) is 2.22. The van der Waals surface area contributed by atoms with Crippen molar-refractivity contribution in [2.45, 2.75) is 38.3 Å². The van der Waals surface area contributed by atoms with Crippen molar-refractivity contribution >= 4 is 17.7 Å². The van der Waals surface area contributed by atoms with E-state index in [9.17, 15) is 4.79 Å². The zero-order valence-corrected chi connectivity index (χ0v) is 15.5. The molecule has 0 saturated carbocycles. The van der Waals surface area contributed by atoms with E-state index in [2.05, 4.69) is 22.4 Å². The van der Waals surface area contributed by atoms with Gasteiger partial charge in [-0.25, -0.2) is 4.68 Å². The summed E-state index contributed by atoms with van der Waals surface area (Å²) in [6.07, 6.45) is 3.26. The normalized spacial score (nSPS) is 10.6. The molecule has 0 aliphatic carbocycles. The Morgan fingerprint density at radius 3 is 2.68 bits per heavy atom. The summed E-state index contributed by atoms with van der Waals surface area (Å²) < 4.78 is 6.83. The van der Waals surface area contributed by atoms with E-state index in [1.807, 2.05) is 31.2 Å². The molecule has 0 aliphatic rings. The molecule has 0 atom stereocenters. The number of carbonyl (C=O) groups is 1. The van der Waals surface area contributed by atoms with Crippen LogP contribution in [0.5, 0.6) is 5.75 Å². The van der Waals surface area contributed by atoms with Crippen molar-refractivity contribution < 1.29 is 9.53 Å². The van der Waals surface area contributed by atoms with Crippen molar-refractivity contribution in [3.63, 3.8) is 0 Å². The van der Waals surface area contributed by atoms with Gasteiger partial charge in [0.2, 0.25) is 11.1 Å². The van der Waals surface area contributed by atoms with Crippen LogP contribution in [0.4, 0.5) is 0 Å². The van der Waals surface area contributed by atoms with Crippen molar-refractivity contribution in [3.8, 4) is 17.1 Å². The SMILES string of the molecule is CCCCCNC(=O)CSc1nnc(-c2ccc(OCC)cc2)n1N. The molecule has 0 spiro atoms. The van der Waals surface area contributed by atoms with Gasteiger partial charge < -0.3 is 15.9 Å². The number of nitrogens with two attached hydrogens (primary N) is 1. The molecular formula is C17H25N5O2S. The third kappa shape index (κ3) is 5.67. The maximum absolute atomic E-state index is 11.8. The molecule has 0 saturated heterocycles. The molecule has 25 heavy (non-hydrogen) atoms. The fraction of sp³-hybridized carbons (Fsp3) is 0.471. The van der Waals surface area contributed by atoms with Gasteiger partial charge in [-0.05, 0) is 37.6 Å². The average molecular weight is 363 g/mol. The molecule has 1 aromatic carbocycles. The third-order valence-corrected chi connectivity index (χ3v) is 4.47. The van der Waals surface area contributed by atoms with Gasteiger partial charge in [0.05, 0.1) is 12.4 Å². The molecular weight excluding hydrogens is 338 g/mol. The summed E-state index contributed by atoms with van der Waals surface area (Å²) in [5, 5.41) is 11.6. The highest BCUT2D eigenvalue weighted by molar-refractivity contribution is 7.99. The number of benzene rings is 1.